The van der Waals surface area contributed by atoms with Gasteiger partial charge in [-0.05, 0) is 43.1 Å². The fourth-order valence-electron chi connectivity index (χ4n) is 4.39. The first-order chi connectivity index (χ1) is 16.2. The number of hydrogen-bond acceptors (Lipinski definition) is 7. The van der Waals surface area contributed by atoms with Gasteiger partial charge >= 0.3 is 0 Å². The van der Waals surface area contributed by atoms with Gasteiger partial charge in [0.25, 0.3) is 0 Å². The average Bonchev–Trinajstić information content (AvgIpc) is 3.27. The van der Waals surface area contributed by atoms with Crippen LogP contribution in [0.4, 0.5) is 5.82 Å². The number of carbonyl (C=O) groups excluding carboxylic acids is 1. The minimum Gasteiger partial charge on any atom is -0.379 e. The molecule has 0 aliphatic carbocycles. The van der Waals surface area contributed by atoms with Crippen molar-refractivity contribution in [3.8, 4) is 11.1 Å². The maximum atomic E-state index is 12.6. The number of piperidine rings is 1. The maximum Gasteiger partial charge on any atom is 0.229 e. The van der Waals surface area contributed by atoms with Gasteiger partial charge in [-0.15, -0.1) is 5.10 Å². The van der Waals surface area contributed by atoms with Gasteiger partial charge in [-0.2, -0.15) is 0 Å². The number of nitrogens with zero attached hydrogens (tertiary/aromatic N) is 5. The van der Waals surface area contributed by atoms with Gasteiger partial charge in [0.1, 0.15) is 11.3 Å². The van der Waals surface area contributed by atoms with E-state index in [9.17, 15) is 4.79 Å². The quantitative estimate of drug-likeness (QED) is 0.572. The van der Waals surface area contributed by atoms with E-state index in [1.807, 2.05) is 28.9 Å². The first-order valence-electron chi connectivity index (χ1n) is 11.5. The molecule has 3 aromatic rings. The molecule has 174 valence electrons. The lowest BCUT2D eigenvalue weighted by Crippen LogP contribution is -2.38. The molecule has 33 heavy (non-hydrogen) atoms. The summed E-state index contributed by atoms with van der Waals surface area (Å²) in [7, 11) is 0. The van der Waals surface area contributed by atoms with Crippen molar-refractivity contribution in [3.05, 3.63) is 35.5 Å². The van der Waals surface area contributed by atoms with Crippen molar-refractivity contribution in [1.82, 2.24) is 30.2 Å². The SMILES string of the molecule is O=C(Nc1cc(-c2ccc3nnn(CCN4CCOCC4)c3c2)c(Cl)cn1)[C@@H]1CCCNC1. The lowest BCUT2D eigenvalue weighted by molar-refractivity contribution is -0.120. The van der Waals surface area contributed by atoms with Crippen LogP contribution in [0.5, 0.6) is 0 Å². The van der Waals surface area contributed by atoms with Crippen LogP contribution in [-0.4, -0.2) is 76.7 Å². The van der Waals surface area contributed by atoms with Crippen LogP contribution in [0.15, 0.2) is 30.5 Å². The number of carbonyl (C=O) groups is 1. The molecule has 2 aromatic heterocycles. The van der Waals surface area contributed by atoms with Gasteiger partial charge in [-0.1, -0.05) is 22.9 Å². The average molecular weight is 470 g/mol. The molecule has 2 fully saturated rings. The van der Waals surface area contributed by atoms with Crippen LogP contribution >= 0.6 is 11.6 Å². The van der Waals surface area contributed by atoms with Crippen LogP contribution in [0.25, 0.3) is 22.2 Å². The number of amides is 1. The van der Waals surface area contributed by atoms with Crippen molar-refractivity contribution in [1.29, 1.82) is 0 Å². The van der Waals surface area contributed by atoms with Crippen LogP contribution < -0.4 is 10.6 Å². The number of hydrogen-bond donors (Lipinski definition) is 2. The summed E-state index contributed by atoms with van der Waals surface area (Å²) in [4.78, 5) is 19.3. The van der Waals surface area contributed by atoms with E-state index in [-0.39, 0.29) is 11.8 Å². The Morgan fingerprint density at radius 2 is 2.12 bits per heavy atom. The first kappa shape index (κ1) is 22.2. The summed E-state index contributed by atoms with van der Waals surface area (Å²) in [5.74, 6) is 0.454. The summed E-state index contributed by atoms with van der Waals surface area (Å²) in [5.41, 5.74) is 3.53. The summed E-state index contributed by atoms with van der Waals surface area (Å²) >= 11 is 6.50. The number of morpholine rings is 1. The fraction of sp³-hybridized carbons (Fsp3) is 0.478. The van der Waals surface area contributed by atoms with Crippen molar-refractivity contribution in [2.24, 2.45) is 5.92 Å². The van der Waals surface area contributed by atoms with E-state index >= 15 is 0 Å². The molecule has 2 aliphatic rings. The summed E-state index contributed by atoms with van der Waals surface area (Å²) in [6, 6.07) is 7.80. The van der Waals surface area contributed by atoms with Crippen LogP contribution in [0.2, 0.25) is 5.02 Å². The summed E-state index contributed by atoms with van der Waals surface area (Å²) in [6.07, 6.45) is 3.48. The smallest absolute Gasteiger partial charge is 0.229 e. The van der Waals surface area contributed by atoms with Crippen molar-refractivity contribution >= 4 is 34.4 Å². The normalized spacial score (nSPS) is 19.6. The maximum absolute atomic E-state index is 12.6. The van der Waals surface area contributed by atoms with Gasteiger partial charge in [-0.25, -0.2) is 9.67 Å². The molecule has 0 unspecified atom stereocenters. The number of pyridine rings is 1. The van der Waals surface area contributed by atoms with Gasteiger partial charge in [0.15, 0.2) is 0 Å². The molecule has 0 saturated carbocycles. The highest BCUT2D eigenvalue weighted by atomic mass is 35.5. The number of aromatic nitrogens is 4. The summed E-state index contributed by atoms with van der Waals surface area (Å²) < 4.78 is 7.36. The van der Waals surface area contributed by atoms with E-state index in [0.717, 1.165) is 80.9 Å². The molecule has 4 heterocycles. The Kier molecular flexibility index (Phi) is 6.82. The van der Waals surface area contributed by atoms with Crippen LogP contribution in [0.3, 0.4) is 0 Å². The lowest BCUT2D eigenvalue weighted by Gasteiger charge is -2.26. The Morgan fingerprint density at radius 1 is 1.24 bits per heavy atom. The van der Waals surface area contributed by atoms with Gasteiger partial charge in [0.05, 0.1) is 36.2 Å². The van der Waals surface area contributed by atoms with E-state index in [1.54, 1.807) is 6.20 Å². The van der Waals surface area contributed by atoms with Crippen LogP contribution in [-0.2, 0) is 16.1 Å². The second-order valence-electron chi connectivity index (χ2n) is 8.55. The first-order valence-corrected chi connectivity index (χ1v) is 11.9. The molecule has 10 heteroatoms. The van der Waals surface area contributed by atoms with Gasteiger partial charge < -0.3 is 15.4 Å². The number of benzene rings is 1. The molecule has 5 rings (SSSR count). The molecule has 0 spiro atoms. The minimum absolute atomic E-state index is 0.0104. The third kappa shape index (κ3) is 5.16. The third-order valence-electron chi connectivity index (χ3n) is 6.33. The van der Waals surface area contributed by atoms with Gasteiger partial charge in [0.2, 0.25) is 5.91 Å². The highest BCUT2D eigenvalue weighted by molar-refractivity contribution is 6.33. The highest BCUT2D eigenvalue weighted by Gasteiger charge is 2.21. The molecule has 2 N–H and O–H groups in total. The topological polar surface area (TPSA) is 97.2 Å². The standard InChI is InChI=1S/C23H28ClN7O2/c24-19-15-26-22(27-23(32)17-2-1-5-25-14-17)13-18(19)16-3-4-20-21(12-16)31(29-28-20)7-6-30-8-10-33-11-9-30/h3-4,12-13,15,17,25H,1-2,5-11,14H2,(H,26,27,32)/t17-/m1/s1. The lowest BCUT2D eigenvalue weighted by atomic mass is 9.99. The Bertz CT molecular complexity index is 1120. The summed E-state index contributed by atoms with van der Waals surface area (Å²) in [5, 5.41) is 15.4. The number of fused-ring (bicyclic) bond motifs is 1. The Balaban J connectivity index is 1.35. The molecule has 1 atom stereocenters. The van der Waals surface area contributed by atoms with E-state index in [0.29, 0.717) is 17.4 Å². The number of ether oxygens (including phenoxy) is 1. The highest BCUT2D eigenvalue weighted by Crippen LogP contribution is 2.31. The van der Waals surface area contributed by atoms with E-state index in [2.05, 4.69) is 30.8 Å². The molecule has 2 saturated heterocycles. The van der Waals surface area contributed by atoms with Crippen molar-refractivity contribution in [3.63, 3.8) is 0 Å². The van der Waals surface area contributed by atoms with Crippen molar-refractivity contribution in [2.45, 2.75) is 19.4 Å². The predicted octanol–water partition coefficient (Wildman–Crippen LogP) is 2.42. The Labute approximate surface area is 197 Å². The molecule has 1 aromatic carbocycles. The molecule has 0 bridgehead atoms. The second-order valence-corrected chi connectivity index (χ2v) is 8.96. The monoisotopic (exact) mass is 469 g/mol. The van der Waals surface area contributed by atoms with Crippen molar-refractivity contribution < 1.29 is 9.53 Å². The molecule has 2 aliphatic heterocycles. The van der Waals surface area contributed by atoms with Gasteiger partial charge in [-0.3, -0.25) is 9.69 Å². The third-order valence-corrected chi connectivity index (χ3v) is 6.63. The molecule has 1 amide bonds. The number of rotatable bonds is 6. The second kappa shape index (κ2) is 10.1. The molecule has 9 nitrogen and oxygen atoms in total. The zero-order chi connectivity index (χ0) is 22.6. The molecular formula is C23H28ClN7O2. The van der Waals surface area contributed by atoms with Crippen LogP contribution in [0, 0.1) is 5.92 Å². The molecule has 0 radical (unpaired) electrons. The Morgan fingerprint density at radius 3 is 2.94 bits per heavy atom. The largest absolute Gasteiger partial charge is 0.379 e. The predicted molar refractivity (Wildman–Crippen MR) is 127 cm³/mol. The fourth-order valence-corrected chi connectivity index (χ4v) is 4.60. The Hall–Kier alpha value is -2.59. The van der Waals surface area contributed by atoms with Crippen LogP contribution in [0.1, 0.15) is 12.8 Å². The van der Waals surface area contributed by atoms with E-state index < -0.39 is 0 Å². The van der Waals surface area contributed by atoms with Gasteiger partial charge in [0, 0.05) is 37.9 Å². The minimum atomic E-state index is -0.0390. The zero-order valence-corrected chi connectivity index (χ0v) is 19.2. The van der Waals surface area contributed by atoms with E-state index in [4.69, 9.17) is 16.3 Å². The van der Waals surface area contributed by atoms with E-state index in [1.165, 1.54) is 0 Å². The molecular weight excluding hydrogens is 442 g/mol. The zero-order valence-electron chi connectivity index (χ0n) is 18.5. The number of nitrogens with one attached hydrogen (secondary N) is 2. The van der Waals surface area contributed by atoms with Crippen molar-refractivity contribution in [2.75, 3.05) is 51.3 Å². The number of halogens is 1. The summed E-state index contributed by atoms with van der Waals surface area (Å²) in [6.45, 7) is 6.75. The number of anilines is 1.